The number of ether oxygens (including phenoxy) is 1. The number of nitrogens with zero attached hydrogens (tertiary/aromatic N) is 3. The lowest BCUT2D eigenvalue weighted by molar-refractivity contribution is -0.154. The molecule has 2 unspecified atom stereocenters. The first-order chi connectivity index (χ1) is 8.56. The first kappa shape index (κ1) is 12.6. The number of aryl methyl sites for hydroxylation is 1. The van der Waals surface area contributed by atoms with Crippen molar-refractivity contribution >= 4 is 11.9 Å². The Bertz CT molecular complexity index is 469. The minimum atomic E-state index is -0.326. The van der Waals surface area contributed by atoms with Gasteiger partial charge in [0.15, 0.2) is 0 Å². The zero-order chi connectivity index (χ0) is 13.3. The van der Waals surface area contributed by atoms with Crippen LogP contribution in [0.25, 0.3) is 0 Å². The average molecular weight is 251 g/mol. The van der Waals surface area contributed by atoms with Crippen LogP contribution in [-0.2, 0) is 21.4 Å². The number of carbonyl (C=O) groups excluding carboxylic acids is 2. The average Bonchev–Trinajstić information content (AvgIpc) is 2.77. The monoisotopic (exact) mass is 251 g/mol. The van der Waals surface area contributed by atoms with Crippen molar-refractivity contribution in [2.75, 3.05) is 14.2 Å². The van der Waals surface area contributed by atoms with Gasteiger partial charge < -0.3 is 9.64 Å². The second-order valence-corrected chi connectivity index (χ2v) is 4.50. The molecule has 6 nitrogen and oxygen atoms in total. The Morgan fingerprint density at radius 2 is 2.22 bits per heavy atom. The summed E-state index contributed by atoms with van der Waals surface area (Å²) in [6, 6.07) is 1.53. The third-order valence-corrected chi connectivity index (χ3v) is 3.53. The standard InChI is InChI=1S/C12H17N3O3/c1-14-10(16)5-4-8(12(17)18-3)11(14)9-6-7-13-15(9)2/h6-8,11H,4-5H2,1-3H3. The molecule has 2 rings (SSSR count). The summed E-state index contributed by atoms with van der Waals surface area (Å²) >= 11 is 0. The van der Waals surface area contributed by atoms with Crippen molar-refractivity contribution in [3.8, 4) is 0 Å². The molecule has 0 N–H and O–H groups in total. The van der Waals surface area contributed by atoms with Crippen LogP contribution in [0.2, 0.25) is 0 Å². The minimum absolute atomic E-state index is 0.0429. The van der Waals surface area contributed by atoms with Crippen LogP contribution in [0.1, 0.15) is 24.6 Å². The maximum atomic E-state index is 11.8. The summed E-state index contributed by atoms with van der Waals surface area (Å²) in [6.07, 6.45) is 2.56. The van der Waals surface area contributed by atoms with Crippen molar-refractivity contribution < 1.29 is 14.3 Å². The number of carbonyl (C=O) groups is 2. The number of rotatable bonds is 2. The molecule has 1 saturated heterocycles. The lowest BCUT2D eigenvalue weighted by Gasteiger charge is -2.37. The molecule has 98 valence electrons. The maximum Gasteiger partial charge on any atom is 0.311 e. The van der Waals surface area contributed by atoms with Crippen molar-refractivity contribution in [3.63, 3.8) is 0 Å². The van der Waals surface area contributed by atoms with Gasteiger partial charge in [-0.15, -0.1) is 0 Å². The molecule has 1 aliphatic rings. The zero-order valence-electron chi connectivity index (χ0n) is 10.8. The SMILES string of the molecule is COC(=O)C1CCC(=O)N(C)C1c1ccnn1C. The molecule has 0 radical (unpaired) electrons. The van der Waals surface area contributed by atoms with E-state index in [-0.39, 0.29) is 23.8 Å². The molecule has 18 heavy (non-hydrogen) atoms. The molecule has 0 bridgehead atoms. The molecule has 1 fully saturated rings. The Balaban J connectivity index is 2.38. The van der Waals surface area contributed by atoms with Crippen LogP contribution >= 0.6 is 0 Å². The summed E-state index contributed by atoms with van der Waals surface area (Å²) in [7, 11) is 4.89. The molecule has 1 aliphatic heterocycles. The molecule has 0 saturated carbocycles. The van der Waals surface area contributed by atoms with Crippen molar-refractivity contribution in [1.82, 2.24) is 14.7 Å². The van der Waals surface area contributed by atoms with Gasteiger partial charge in [0.05, 0.1) is 24.8 Å². The number of hydrogen-bond donors (Lipinski definition) is 0. The molecule has 0 spiro atoms. The highest BCUT2D eigenvalue weighted by Crippen LogP contribution is 2.35. The predicted molar refractivity (Wildman–Crippen MR) is 63.5 cm³/mol. The van der Waals surface area contributed by atoms with Gasteiger partial charge in [-0.3, -0.25) is 14.3 Å². The molecule has 2 heterocycles. The number of piperidine rings is 1. The van der Waals surface area contributed by atoms with Gasteiger partial charge in [0.1, 0.15) is 0 Å². The molecule has 2 atom stereocenters. The number of hydrogen-bond acceptors (Lipinski definition) is 4. The van der Waals surface area contributed by atoms with Crippen LogP contribution in [0.15, 0.2) is 12.3 Å². The molecular formula is C12H17N3O3. The number of methoxy groups -OCH3 is 1. The highest BCUT2D eigenvalue weighted by molar-refractivity contribution is 5.82. The van der Waals surface area contributed by atoms with E-state index in [0.29, 0.717) is 12.8 Å². The zero-order valence-corrected chi connectivity index (χ0v) is 10.8. The van der Waals surface area contributed by atoms with E-state index < -0.39 is 0 Å². The fraction of sp³-hybridized carbons (Fsp3) is 0.583. The molecule has 1 amide bonds. The van der Waals surface area contributed by atoms with Crippen LogP contribution in [-0.4, -0.2) is 40.7 Å². The summed E-state index contributed by atoms with van der Waals surface area (Å²) in [5.74, 6) is -0.560. The van der Waals surface area contributed by atoms with Crippen LogP contribution in [0.4, 0.5) is 0 Å². The van der Waals surface area contributed by atoms with E-state index >= 15 is 0 Å². The molecule has 6 heteroatoms. The van der Waals surface area contributed by atoms with Gasteiger partial charge >= 0.3 is 5.97 Å². The van der Waals surface area contributed by atoms with Gasteiger partial charge in [-0.1, -0.05) is 0 Å². The normalized spacial score (nSPS) is 24.2. The van der Waals surface area contributed by atoms with Crippen molar-refractivity contribution in [2.45, 2.75) is 18.9 Å². The minimum Gasteiger partial charge on any atom is -0.469 e. The fourth-order valence-corrected chi connectivity index (χ4v) is 2.52. The van der Waals surface area contributed by atoms with Gasteiger partial charge in [0.2, 0.25) is 5.91 Å². The van der Waals surface area contributed by atoms with E-state index in [0.717, 1.165) is 5.69 Å². The summed E-state index contributed by atoms with van der Waals surface area (Å²) in [6.45, 7) is 0. The molecular weight excluding hydrogens is 234 g/mol. The van der Waals surface area contributed by atoms with Crippen LogP contribution in [0.3, 0.4) is 0 Å². The van der Waals surface area contributed by atoms with Crippen molar-refractivity contribution in [3.05, 3.63) is 18.0 Å². The van der Waals surface area contributed by atoms with Crippen molar-refractivity contribution in [2.24, 2.45) is 13.0 Å². The molecule has 1 aromatic rings. The fourth-order valence-electron chi connectivity index (χ4n) is 2.52. The number of aromatic nitrogens is 2. The van der Waals surface area contributed by atoms with Gasteiger partial charge in [-0.25, -0.2) is 0 Å². The second-order valence-electron chi connectivity index (χ2n) is 4.50. The Morgan fingerprint density at radius 1 is 1.50 bits per heavy atom. The topological polar surface area (TPSA) is 64.4 Å². The number of likely N-dealkylation sites (tertiary alicyclic amines) is 1. The maximum absolute atomic E-state index is 11.8. The summed E-state index contributed by atoms with van der Waals surface area (Å²) in [4.78, 5) is 25.3. The van der Waals surface area contributed by atoms with E-state index in [9.17, 15) is 9.59 Å². The second kappa shape index (κ2) is 4.80. The van der Waals surface area contributed by atoms with Crippen molar-refractivity contribution in [1.29, 1.82) is 0 Å². The summed E-state index contributed by atoms with van der Waals surface area (Å²) in [5.41, 5.74) is 0.848. The highest BCUT2D eigenvalue weighted by Gasteiger charge is 2.40. The Labute approximate surface area is 106 Å². The van der Waals surface area contributed by atoms with Crippen LogP contribution < -0.4 is 0 Å². The Morgan fingerprint density at radius 3 is 2.78 bits per heavy atom. The van der Waals surface area contributed by atoms with Gasteiger partial charge in [-0.05, 0) is 12.5 Å². The van der Waals surface area contributed by atoms with Crippen LogP contribution in [0, 0.1) is 5.92 Å². The summed E-state index contributed by atoms with van der Waals surface area (Å²) < 4.78 is 6.53. The van der Waals surface area contributed by atoms with E-state index in [1.807, 2.05) is 6.07 Å². The highest BCUT2D eigenvalue weighted by atomic mass is 16.5. The van der Waals surface area contributed by atoms with E-state index in [2.05, 4.69) is 5.10 Å². The first-order valence-corrected chi connectivity index (χ1v) is 5.87. The smallest absolute Gasteiger partial charge is 0.311 e. The van der Waals surface area contributed by atoms with Gasteiger partial charge in [-0.2, -0.15) is 5.10 Å². The number of esters is 1. The van der Waals surface area contributed by atoms with E-state index in [1.165, 1.54) is 7.11 Å². The van der Waals surface area contributed by atoms with E-state index in [1.54, 1.807) is 29.9 Å². The third kappa shape index (κ3) is 1.98. The third-order valence-electron chi connectivity index (χ3n) is 3.53. The number of amides is 1. The Hall–Kier alpha value is -1.85. The van der Waals surface area contributed by atoms with E-state index in [4.69, 9.17) is 4.74 Å². The predicted octanol–water partition coefficient (Wildman–Crippen LogP) is 0.503. The lowest BCUT2D eigenvalue weighted by Crippen LogP contribution is -2.44. The molecule has 1 aromatic heterocycles. The van der Waals surface area contributed by atoms with Gasteiger partial charge in [0.25, 0.3) is 0 Å². The largest absolute Gasteiger partial charge is 0.469 e. The molecule has 0 aromatic carbocycles. The lowest BCUT2D eigenvalue weighted by atomic mass is 9.87. The van der Waals surface area contributed by atoms with Gasteiger partial charge in [0, 0.05) is 26.7 Å². The molecule has 0 aliphatic carbocycles. The quantitative estimate of drug-likeness (QED) is 0.718. The Kier molecular flexibility index (Phi) is 3.36. The van der Waals surface area contributed by atoms with Crippen LogP contribution in [0.5, 0.6) is 0 Å². The summed E-state index contributed by atoms with van der Waals surface area (Å²) in [5, 5.41) is 4.10. The first-order valence-electron chi connectivity index (χ1n) is 5.87.